The average molecular weight is 363 g/mol. The number of nitrogens with one attached hydrogen (secondary N) is 1. The Hall–Kier alpha value is -1.85. The van der Waals surface area contributed by atoms with Gasteiger partial charge in [-0.1, -0.05) is 44.2 Å². The van der Waals surface area contributed by atoms with E-state index in [0.29, 0.717) is 5.75 Å². The smallest absolute Gasteiger partial charge is 0.321 e. The SMILES string of the molecule is CCc1ccc(-c2cccc(F)c2)cc1CC.CN[C@H](CS)C(=O)O. The van der Waals surface area contributed by atoms with Crippen LogP contribution in [0.4, 0.5) is 4.39 Å². The molecule has 0 radical (unpaired) electrons. The summed E-state index contributed by atoms with van der Waals surface area (Å²) in [5.41, 5.74) is 4.78. The molecule has 1 atom stereocenters. The Bertz CT molecular complexity index is 687. The van der Waals surface area contributed by atoms with Gasteiger partial charge >= 0.3 is 5.97 Å². The lowest BCUT2D eigenvalue weighted by Crippen LogP contribution is -2.35. The van der Waals surface area contributed by atoms with Crippen molar-refractivity contribution in [3.63, 3.8) is 0 Å². The van der Waals surface area contributed by atoms with E-state index in [4.69, 9.17) is 5.11 Å². The maximum Gasteiger partial charge on any atom is 0.321 e. The molecule has 0 aliphatic rings. The molecule has 0 bridgehead atoms. The Morgan fingerprint density at radius 2 is 1.76 bits per heavy atom. The minimum Gasteiger partial charge on any atom is -0.480 e. The van der Waals surface area contributed by atoms with Crippen molar-refractivity contribution in [2.75, 3.05) is 12.8 Å². The molecule has 25 heavy (non-hydrogen) atoms. The van der Waals surface area contributed by atoms with E-state index < -0.39 is 12.0 Å². The number of hydrogen-bond donors (Lipinski definition) is 3. The minimum atomic E-state index is -0.859. The average Bonchev–Trinajstić information content (AvgIpc) is 2.62. The molecule has 0 heterocycles. The molecule has 2 rings (SSSR count). The minimum absolute atomic E-state index is 0.180. The number of carboxylic acid groups (broad SMARTS) is 1. The van der Waals surface area contributed by atoms with Gasteiger partial charge in [-0.2, -0.15) is 12.6 Å². The van der Waals surface area contributed by atoms with Gasteiger partial charge < -0.3 is 10.4 Å². The van der Waals surface area contributed by atoms with Crippen LogP contribution in [0.3, 0.4) is 0 Å². The van der Waals surface area contributed by atoms with Crippen molar-refractivity contribution in [2.45, 2.75) is 32.7 Å². The molecule has 5 heteroatoms. The fourth-order valence-corrected chi connectivity index (χ4v) is 2.78. The first kappa shape index (κ1) is 21.2. The molecule has 0 fully saturated rings. The van der Waals surface area contributed by atoms with Crippen molar-refractivity contribution in [1.82, 2.24) is 5.32 Å². The number of likely N-dealkylation sites (N-methyl/N-ethyl adjacent to an activating group) is 1. The lowest BCUT2D eigenvalue weighted by Gasteiger charge is -2.09. The van der Waals surface area contributed by atoms with Crippen LogP contribution in [0.5, 0.6) is 0 Å². The second kappa shape index (κ2) is 10.9. The second-order valence-corrected chi connectivity index (χ2v) is 5.93. The van der Waals surface area contributed by atoms with Gasteiger partial charge in [0.15, 0.2) is 0 Å². The van der Waals surface area contributed by atoms with Gasteiger partial charge in [0.1, 0.15) is 11.9 Å². The fraction of sp³-hybridized carbons (Fsp3) is 0.350. The molecule has 2 aromatic rings. The zero-order chi connectivity index (χ0) is 18.8. The Balaban J connectivity index is 0.000000333. The van der Waals surface area contributed by atoms with Crippen molar-refractivity contribution in [1.29, 1.82) is 0 Å². The molecule has 0 amide bonds. The highest BCUT2D eigenvalue weighted by Crippen LogP contribution is 2.24. The van der Waals surface area contributed by atoms with Crippen LogP contribution in [0.1, 0.15) is 25.0 Å². The Morgan fingerprint density at radius 1 is 1.12 bits per heavy atom. The van der Waals surface area contributed by atoms with Crippen LogP contribution in [-0.2, 0) is 17.6 Å². The number of rotatable bonds is 6. The summed E-state index contributed by atoms with van der Waals surface area (Å²) in [5, 5.41) is 10.8. The van der Waals surface area contributed by atoms with E-state index in [2.05, 4.69) is 50.0 Å². The number of carboxylic acids is 1. The second-order valence-electron chi connectivity index (χ2n) is 5.56. The maximum atomic E-state index is 13.2. The standard InChI is InChI=1S/C16H17F.C4H9NO2S/c1-3-12-8-9-15(10-13(12)4-2)14-6-5-7-16(17)11-14;1-5-3(2-8)4(6)7/h5-11H,3-4H2,1-2H3;3,5,8H,2H2,1H3,(H,6,7)/t;3-/m.1/s1. The van der Waals surface area contributed by atoms with E-state index in [1.165, 1.54) is 17.2 Å². The van der Waals surface area contributed by atoms with Gasteiger partial charge in [-0.25, -0.2) is 4.39 Å². The highest BCUT2D eigenvalue weighted by Gasteiger charge is 2.10. The summed E-state index contributed by atoms with van der Waals surface area (Å²) >= 11 is 3.79. The Morgan fingerprint density at radius 3 is 2.20 bits per heavy atom. The first-order valence-electron chi connectivity index (χ1n) is 8.35. The molecule has 3 nitrogen and oxygen atoms in total. The van der Waals surface area contributed by atoms with E-state index in [-0.39, 0.29) is 5.82 Å². The number of thiol groups is 1. The van der Waals surface area contributed by atoms with Crippen LogP contribution in [0.15, 0.2) is 42.5 Å². The molecule has 0 spiro atoms. The molecule has 136 valence electrons. The number of hydrogen-bond acceptors (Lipinski definition) is 3. The van der Waals surface area contributed by atoms with Gasteiger partial charge in [0.05, 0.1) is 0 Å². The monoisotopic (exact) mass is 363 g/mol. The third-order valence-electron chi connectivity index (χ3n) is 3.96. The van der Waals surface area contributed by atoms with Crippen LogP contribution in [0.25, 0.3) is 11.1 Å². The zero-order valence-corrected chi connectivity index (χ0v) is 15.8. The third-order valence-corrected chi connectivity index (χ3v) is 4.32. The van der Waals surface area contributed by atoms with Crippen LogP contribution in [0, 0.1) is 5.82 Å². The van der Waals surface area contributed by atoms with E-state index in [0.717, 1.165) is 24.0 Å². The summed E-state index contributed by atoms with van der Waals surface area (Å²) in [4.78, 5) is 10.1. The number of benzene rings is 2. The zero-order valence-electron chi connectivity index (χ0n) is 14.9. The molecule has 0 aromatic heterocycles. The van der Waals surface area contributed by atoms with Crippen molar-refractivity contribution in [3.8, 4) is 11.1 Å². The van der Waals surface area contributed by atoms with Gasteiger partial charge in [-0.05, 0) is 54.3 Å². The van der Waals surface area contributed by atoms with Crippen LogP contribution in [-0.4, -0.2) is 29.9 Å². The molecule has 0 saturated heterocycles. The van der Waals surface area contributed by atoms with Gasteiger partial charge in [0, 0.05) is 5.75 Å². The third kappa shape index (κ3) is 6.52. The summed E-state index contributed by atoms with van der Waals surface area (Å²) in [6, 6.07) is 12.6. The fourth-order valence-electron chi connectivity index (χ4n) is 2.44. The molecule has 0 unspecified atom stereocenters. The van der Waals surface area contributed by atoms with Gasteiger partial charge in [-0.3, -0.25) is 4.79 Å². The lowest BCUT2D eigenvalue weighted by molar-refractivity contribution is -0.138. The Kier molecular flexibility index (Phi) is 9.24. The predicted molar refractivity (Wildman–Crippen MR) is 105 cm³/mol. The summed E-state index contributed by atoms with van der Waals surface area (Å²) in [6.07, 6.45) is 2.07. The highest BCUT2D eigenvalue weighted by atomic mass is 32.1. The predicted octanol–water partition coefficient (Wildman–Crippen LogP) is 4.21. The molecule has 0 aliphatic carbocycles. The van der Waals surface area contributed by atoms with Crippen molar-refractivity contribution < 1.29 is 14.3 Å². The van der Waals surface area contributed by atoms with Crippen molar-refractivity contribution >= 4 is 18.6 Å². The van der Waals surface area contributed by atoms with Crippen molar-refractivity contribution in [2.24, 2.45) is 0 Å². The Labute approximate surface area is 154 Å². The van der Waals surface area contributed by atoms with Gasteiger partial charge in [0.2, 0.25) is 0 Å². The molecule has 0 aliphatic heterocycles. The van der Waals surface area contributed by atoms with Crippen LogP contribution < -0.4 is 5.32 Å². The maximum absolute atomic E-state index is 13.2. The first-order chi connectivity index (χ1) is 12.0. The normalized spacial score (nSPS) is 11.4. The molecule has 0 saturated carbocycles. The largest absolute Gasteiger partial charge is 0.480 e. The van der Waals surface area contributed by atoms with E-state index >= 15 is 0 Å². The van der Waals surface area contributed by atoms with Crippen LogP contribution >= 0.6 is 12.6 Å². The van der Waals surface area contributed by atoms with Crippen molar-refractivity contribution in [3.05, 3.63) is 59.4 Å². The molecular formula is C20H26FNO2S. The van der Waals surface area contributed by atoms with Crippen LogP contribution in [0.2, 0.25) is 0 Å². The number of halogens is 1. The summed E-state index contributed by atoms with van der Waals surface area (Å²) in [6.45, 7) is 4.32. The molecule has 2 aromatic carbocycles. The summed E-state index contributed by atoms with van der Waals surface area (Å²) in [5.74, 6) is -0.714. The van der Waals surface area contributed by atoms with Gasteiger partial charge in [0.25, 0.3) is 0 Å². The quantitative estimate of drug-likeness (QED) is 0.674. The van der Waals surface area contributed by atoms with Gasteiger partial charge in [-0.15, -0.1) is 0 Å². The lowest BCUT2D eigenvalue weighted by atomic mass is 9.96. The van der Waals surface area contributed by atoms with E-state index in [1.807, 2.05) is 6.07 Å². The summed E-state index contributed by atoms with van der Waals surface area (Å²) < 4.78 is 13.2. The molecule has 2 N–H and O–H groups in total. The molecular weight excluding hydrogens is 337 g/mol. The topological polar surface area (TPSA) is 49.3 Å². The number of carbonyl (C=O) groups is 1. The van der Waals surface area contributed by atoms with E-state index in [1.54, 1.807) is 19.2 Å². The first-order valence-corrected chi connectivity index (χ1v) is 8.98. The summed E-state index contributed by atoms with van der Waals surface area (Å²) in [7, 11) is 1.59. The van der Waals surface area contributed by atoms with E-state index in [9.17, 15) is 9.18 Å². The number of aliphatic carboxylic acids is 1. The highest BCUT2D eigenvalue weighted by molar-refractivity contribution is 7.80. The number of aryl methyl sites for hydroxylation is 2.